The van der Waals surface area contributed by atoms with Crippen LogP contribution in [-0.2, 0) is 22.7 Å². The van der Waals surface area contributed by atoms with Gasteiger partial charge >= 0.3 is 11.9 Å². The minimum absolute atomic E-state index is 0.0414. The number of ether oxygens (including phenoxy) is 1. The summed E-state index contributed by atoms with van der Waals surface area (Å²) >= 11 is 0. The van der Waals surface area contributed by atoms with Crippen LogP contribution in [0.15, 0.2) is 24.3 Å². The van der Waals surface area contributed by atoms with E-state index < -0.39 is 24.4 Å². The van der Waals surface area contributed by atoms with Crippen LogP contribution in [-0.4, -0.2) is 29.6 Å². The van der Waals surface area contributed by atoms with Crippen molar-refractivity contribution in [1.29, 1.82) is 0 Å². The molecule has 0 saturated carbocycles. The van der Waals surface area contributed by atoms with Crippen molar-refractivity contribution in [3.05, 3.63) is 35.4 Å². The van der Waals surface area contributed by atoms with Crippen LogP contribution < -0.4 is 5.32 Å². The minimum Gasteiger partial charge on any atom is -0.456 e. The third kappa shape index (κ3) is 3.48. The van der Waals surface area contributed by atoms with Crippen molar-refractivity contribution in [3.63, 3.8) is 0 Å². The smallest absolute Gasteiger partial charge is 0.377 e. The van der Waals surface area contributed by atoms with Crippen molar-refractivity contribution in [2.45, 2.75) is 31.6 Å². The molecule has 1 unspecified atom stereocenters. The molecule has 1 aliphatic heterocycles. The summed E-state index contributed by atoms with van der Waals surface area (Å²) < 4.78 is 30.4. The molecule has 0 aliphatic carbocycles. The molecule has 0 aromatic heterocycles. The number of alkyl halides is 2. The molecule has 6 heteroatoms. The SMILES string of the molecule is O=C1OC(CNCc2cccc(CO)c2)CC1(F)F. The van der Waals surface area contributed by atoms with Gasteiger partial charge in [0.25, 0.3) is 0 Å². The molecular weight excluding hydrogens is 256 g/mol. The van der Waals surface area contributed by atoms with Crippen molar-refractivity contribution in [3.8, 4) is 0 Å². The van der Waals surface area contributed by atoms with Gasteiger partial charge in [-0.05, 0) is 11.1 Å². The summed E-state index contributed by atoms with van der Waals surface area (Å²) in [5.41, 5.74) is 1.72. The number of hydrogen-bond acceptors (Lipinski definition) is 4. The Morgan fingerprint density at radius 2 is 2.16 bits per heavy atom. The number of benzene rings is 1. The van der Waals surface area contributed by atoms with Crippen LogP contribution in [0.5, 0.6) is 0 Å². The van der Waals surface area contributed by atoms with Gasteiger partial charge in [-0.2, -0.15) is 8.78 Å². The molecule has 19 heavy (non-hydrogen) atoms. The fraction of sp³-hybridized carbons (Fsp3) is 0.462. The number of rotatable bonds is 5. The number of carbonyl (C=O) groups excluding carboxylic acids is 1. The lowest BCUT2D eigenvalue weighted by atomic mass is 10.1. The fourth-order valence-electron chi connectivity index (χ4n) is 1.98. The summed E-state index contributed by atoms with van der Waals surface area (Å²) in [6.45, 7) is 0.610. The van der Waals surface area contributed by atoms with Crippen molar-refractivity contribution >= 4 is 5.97 Å². The molecule has 4 nitrogen and oxygen atoms in total. The van der Waals surface area contributed by atoms with E-state index in [1.165, 1.54) is 0 Å². The topological polar surface area (TPSA) is 58.6 Å². The first-order valence-electron chi connectivity index (χ1n) is 5.99. The lowest BCUT2D eigenvalue weighted by molar-refractivity contribution is -0.159. The maximum atomic E-state index is 12.9. The van der Waals surface area contributed by atoms with Crippen molar-refractivity contribution in [1.82, 2.24) is 5.32 Å². The zero-order valence-corrected chi connectivity index (χ0v) is 10.2. The van der Waals surface area contributed by atoms with E-state index in [-0.39, 0.29) is 13.2 Å². The van der Waals surface area contributed by atoms with Crippen LogP contribution in [0.2, 0.25) is 0 Å². The molecule has 2 N–H and O–H groups in total. The minimum atomic E-state index is -3.36. The number of carbonyl (C=O) groups is 1. The molecule has 0 radical (unpaired) electrons. The van der Waals surface area contributed by atoms with Crippen LogP contribution in [0, 0.1) is 0 Å². The Labute approximate surface area is 109 Å². The Balaban J connectivity index is 1.79. The lowest BCUT2D eigenvalue weighted by Crippen LogP contribution is -2.26. The van der Waals surface area contributed by atoms with Gasteiger partial charge in [-0.1, -0.05) is 24.3 Å². The molecule has 1 heterocycles. The van der Waals surface area contributed by atoms with Gasteiger partial charge in [-0.3, -0.25) is 0 Å². The van der Waals surface area contributed by atoms with Gasteiger partial charge in [0.05, 0.1) is 13.0 Å². The highest BCUT2D eigenvalue weighted by Gasteiger charge is 2.50. The van der Waals surface area contributed by atoms with E-state index in [1.54, 1.807) is 6.07 Å². The van der Waals surface area contributed by atoms with Crippen molar-refractivity contribution < 1.29 is 23.4 Å². The summed E-state index contributed by atoms with van der Waals surface area (Å²) in [4.78, 5) is 10.8. The number of aliphatic hydroxyl groups is 1. The molecule has 1 saturated heterocycles. The zero-order valence-electron chi connectivity index (χ0n) is 10.2. The molecule has 1 atom stereocenters. The summed E-state index contributed by atoms with van der Waals surface area (Å²) in [7, 11) is 0. The molecule has 0 bridgehead atoms. The average Bonchev–Trinajstić information content (AvgIpc) is 2.63. The van der Waals surface area contributed by atoms with Gasteiger partial charge in [0.2, 0.25) is 0 Å². The third-order valence-corrected chi connectivity index (χ3v) is 2.93. The van der Waals surface area contributed by atoms with E-state index in [9.17, 15) is 13.6 Å². The van der Waals surface area contributed by atoms with Gasteiger partial charge in [-0.15, -0.1) is 0 Å². The molecule has 0 spiro atoms. The van der Waals surface area contributed by atoms with Crippen molar-refractivity contribution in [2.24, 2.45) is 0 Å². The van der Waals surface area contributed by atoms with E-state index in [4.69, 9.17) is 5.11 Å². The summed E-state index contributed by atoms with van der Waals surface area (Å²) in [5, 5.41) is 11.9. The summed E-state index contributed by atoms with van der Waals surface area (Å²) in [5.74, 6) is -4.80. The maximum Gasteiger partial charge on any atom is 0.377 e. The standard InChI is InChI=1S/C13H15F2NO3/c14-13(15)5-11(19-12(13)18)7-16-6-9-2-1-3-10(4-9)8-17/h1-4,11,16-17H,5-8H2. The van der Waals surface area contributed by atoms with Crippen LogP contribution in [0.1, 0.15) is 17.5 Å². The molecule has 0 amide bonds. The van der Waals surface area contributed by atoms with Crippen LogP contribution in [0.25, 0.3) is 0 Å². The quantitative estimate of drug-likeness (QED) is 0.791. The molecule has 1 aromatic carbocycles. The van der Waals surface area contributed by atoms with E-state index >= 15 is 0 Å². The van der Waals surface area contributed by atoms with E-state index in [2.05, 4.69) is 10.1 Å². The summed E-state index contributed by atoms with van der Waals surface area (Å²) in [6.07, 6.45) is -1.36. The molecule has 2 rings (SSSR count). The van der Waals surface area contributed by atoms with Gasteiger partial charge in [0.1, 0.15) is 6.10 Å². The lowest BCUT2D eigenvalue weighted by Gasteiger charge is -2.10. The Bertz CT molecular complexity index is 465. The van der Waals surface area contributed by atoms with E-state index in [0.717, 1.165) is 11.1 Å². The van der Waals surface area contributed by atoms with Crippen LogP contribution >= 0.6 is 0 Å². The van der Waals surface area contributed by atoms with E-state index in [1.807, 2.05) is 18.2 Å². The van der Waals surface area contributed by atoms with Crippen molar-refractivity contribution in [2.75, 3.05) is 6.54 Å². The highest BCUT2D eigenvalue weighted by molar-refractivity contribution is 5.79. The van der Waals surface area contributed by atoms with Gasteiger partial charge in [0.15, 0.2) is 0 Å². The first-order valence-corrected chi connectivity index (χ1v) is 5.99. The Kier molecular flexibility index (Phi) is 4.11. The Hall–Kier alpha value is -1.53. The first-order chi connectivity index (χ1) is 9.01. The predicted octanol–water partition coefficient (Wildman–Crippen LogP) is 1.22. The Morgan fingerprint density at radius 1 is 1.42 bits per heavy atom. The number of halogens is 2. The van der Waals surface area contributed by atoms with Gasteiger partial charge < -0.3 is 15.2 Å². The number of cyclic esters (lactones) is 1. The second-order valence-corrected chi connectivity index (χ2v) is 4.54. The van der Waals surface area contributed by atoms with Gasteiger partial charge in [-0.25, -0.2) is 4.79 Å². The first kappa shape index (κ1) is 13.9. The zero-order chi connectivity index (χ0) is 13.9. The molecule has 1 aromatic rings. The van der Waals surface area contributed by atoms with Crippen LogP contribution in [0.4, 0.5) is 8.78 Å². The normalized spacial score (nSPS) is 21.4. The predicted molar refractivity (Wildman–Crippen MR) is 63.5 cm³/mol. The molecular formula is C13H15F2NO3. The second kappa shape index (κ2) is 5.63. The monoisotopic (exact) mass is 271 g/mol. The molecule has 1 fully saturated rings. The number of nitrogens with one attached hydrogen (secondary N) is 1. The second-order valence-electron chi connectivity index (χ2n) is 4.54. The number of esters is 1. The Morgan fingerprint density at radius 3 is 2.79 bits per heavy atom. The largest absolute Gasteiger partial charge is 0.456 e. The number of hydrogen-bond donors (Lipinski definition) is 2. The molecule has 104 valence electrons. The van der Waals surface area contributed by atoms with Gasteiger partial charge in [0, 0.05) is 13.1 Å². The summed E-state index contributed by atoms with van der Waals surface area (Å²) in [6, 6.07) is 7.29. The third-order valence-electron chi connectivity index (χ3n) is 2.93. The fourth-order valence-corrected chi connectivity index (χ4v) is 1.98. The average molecular weight is 271 g/mol. The highest BCUT2D eigenvalue weighted by atomic mass is 19.3. The van der Waals surface area contributed by atoms with Crippen LogP contribution in [0.3, 0.4) is 0 Å². The highest BCUT2D eigenvalue weighted by Crippen LogP contribution is 2.30. The maximum absolute atomic E-state index is 12.9. The van der Waals surface area contributed by atoms with E-state index in [0.29, 0.717) is 6.54 Å². The number of aliphatic hydroxyl groups excluding tert-OH is 1. The molecule has 1 aliphatic rings.